The van der Waals surface area contributed by atoms with Gasteiger partial charge in [0.15, 0.2) is 0 Å². The van der Waals surface area contributed by atoms with Crippen molar-refractivity contribution in [2.75, 3.05) is 4.90 Å². The quantitative estimate of drug-likeness (QED) is 0.149. The molecule has 3 heteroatoms. The average Bonchev–Trinajstić information content (AvgIpc) is 3.94. The van der Waals surface area contributed by atoms with E-state index in [1.165, 1.54) is 65.6 Å². The minimum atomic E-state index is 0.857. The zero-order valence-corrected chi connectivity index (χ0v) is 35.4. The smallest absolute Gasteiger partial charge is 0.145 e. The van der Waals surface area contributed by atoms with E-state index in [0.717, 1.165) is 55.8 Å². The molecular formula is C62H40N2O. The van der Waals surface area contributed by atoms with Crippen LogP contribution in [-0.4, -0.2) is 4.57 Å². The fourth-order valence-corrected chi connectivity index (χ4v) is 10.2. The van der Waals surface area contributed by atoms with Crippen LogP contribution < -0.4 is 4.90 Å². The third kappa shape index (κ3) is 6.05. The monoisotopic (exact) mass is 828 g/mol. The van der Waals surface area contributed by atoms with E-state index in [9.17, 15) is 0 Å². The predicted octanol–water partition coefficient (Wildman–Crippen LogP) is 17.5. The van der Waals surface area contributed by atoms with Crippen molar-refractivity contribution in [1.82, 2.24) is 4.57 Å². The van der Waals surface area contributed by atoms with Gasteiger partial charge in [0.2, 0.25) is 0 Å². The lowest BCUT2D eigenvalue weighted by Gasteiger charge is -2.27. The first-order valence-electron chi connectivity index (χ1n) is 22.2. The number of para-hydroxylation sites is 3. The third-order valence-corrected chi connectivity index (χ3v) is 13.2. The van der Waals surface area contributed by atoms with Gasteiger partial charge in [-0.25, -0.2) is 0 Å². The van der Waals surface area contributed by atoms with Crippen molar-refractivity contribution in [3.63, 3.8) is 0 Å². The Morgan fingerprint density at radius 2 is 0.846 bits per heavy atom. The van der Waals surface area contributed by atoms with Gasteiger partial charge in [-0.1, -0.05) is 170 Å². The Labute approximate surface area is 376 Å². The molecule has 0 aliphatic carbocycles. The molecule has 0 radical (unpaired) electrons. The summed E-state index contributed by atoms with van der Waals surface area (Å²) in [6.45, 7) is 0. The lowest BCUT2D eigenvalue weighted by molar-refractivity contribution is 0.670. The second kappa shape index (κ2) is 15.0. The van der Waals surface area contributed by atoms with Crippen molar-refractivity contribution >= 4 is 82.4 Å². The van der Waals surface area contributed by atoms with E-state index < -0.39 is 0 Å². The highest BCUT2D eigenvalue weighted by atomic mass is 16.3. The fourth-order valence-electron chi connectivity index (χ4n) is 10.2. The zero-order valence-electron chi connectivity index (χ0n) is 35.4. The molecule has 11 aromatic carbocycles. The summed E-state index contributed by atoms with van der Waals surface area (Å²) in [5.74, 6) is 0. The highest BCUT2D eigenvalue weighted by Crippen LogP contribution is 2.47. The highest BCUT2D eigenvalue weighted by Gasteiger charge is 2.23. The van der Waals surface area contributed by atoms with Crippen LogP contribution in [0.4, 0.5) is 17.1 Å². The molecule has 3 nitrogen and oxygen atoms in total. The predicted molar refractivity (Wildman–Crippen MR) is 274 cm³/mol. The molecule has 13 rings (SSSR count). The maximum atomic E-state index is 6.92. The normalized spacial score (nSPS) is 11.7. The van der Waals surface area contributed by atoms with Crippen LogP contribution in [0, 0.1) is 0 Å². The molecule has 13 aromatic rings. The van der Waals surface area contributed by atoms with Crippen LogP contribution >= 0.6 is 0 Å². The van der Waals surface area contributed by atoms with Crippen LogP contribution in [0.15, 0.2) is 247 Å². The zero-order chi connectivity index (χ0) is 42.8. The molecule has 0 bridgehead atoms. The van der Waals surface area contributed by atoms with Crippen molar-refractivity contribution in [1.29, 1.82) is 0 Å². The summed E-state index contributed by atoms with van der Waals surface area (Å²) in [6, 6.07) is 87.5. The molecule has 0 N–H and O–H groups in total. The van der Waals surface area contributed by atoms with E-state index >= 15 is 0 Å². The SMILES string of the molecule is c1ccc(-c2ccc(N(c3ccc(-c4cc5ccccc5c5ccccc45)cc3)c3ccc(-c4ccc(-n5c6ccccc6c6ccccc65)cc4)c4oc5ccccc5c34)cc2)cc1. The maximum absolute atomic E-state index is 6.92. The Morgan fingerprint density at radius 1 is 0.338 bits per heavy atom. The second-order valence-electron chi connectivity index (χ2n) is 16.8. The first-order valence-corrected chi connectivity index (χ1v) is 22.2. The summed E-state index contributed by atoms with van der Waals surface area (Å²) in [5.41, 5.74) is 15.3. The molecule has 2 aromatic heterocycles. The molecule has 0 aliphatic rings. The topological polar surface area (TPSA) is 21.3 Å². The van der Waals surface area contributed by atoms with Crippen LogP contribution in [0.2, 0.25) is 0 Å². The summed E-state index contributed by atoms with van der Waals surface area (Å²) in [4.78, 5) is 2.39. The first kappa shape index (κ1) is 36.9. The maximum Gasteiger partial charge on any atom is 0.145 e. The molecule has 0 saturated carbocycles. The van der Waals surface area contributed by atoms with Gasteiger partial charge >= 0.3 is 0 Å². The van der Waals surface area contributed by atoms with E-state index in [2.05, 4.69) is 252 Å². The molecule has 0 unspecified atom stereocenters. The van der Waals surface area contributed by atoms with Gasteiger partial charge in [-0.15, -0.1) is 0 Å². The number of aromatic nitrogens is 1. The number of benzene rings is 11. The van der Waals surface area contributed by atoms with Crippen LogP contribution in [0.25, 0.3) is 104 Å². The highest BCUT2D eigenvalue weighted by molar-refractivity contribution is 6.18. The van der Waals surface area contributed by atoms with E-state index in [0.29, 0.717) is 0 Å². The summed E-state index contributed by atoms with van der Waals surface area (Å²) in [5, 5.41) is 9.67. The van der Waals surface area contributed by atoms with Gasteiger partial charge in [-0.05, 0) is 122 Å². The van der Waals surface area contributed by atoms with Crippen LogP contribution in [0.5, 0.6) is 0 Å². The number of nitrogens with zero attached hydrogens (tertiary/aromatic N) is 2. The molecule has 0 saturated heterocycles. The van der Waals surface area contributed by atoms with Crippen molar-refractivity contribution < 1.29 is 4.42 Å². The number of hydrogen-bond donors (Lipinski definition) is 0. The third-order valence-electron chi connectivity index (χ3n) is 13.2. The number of anilines is 3. The Morgan fingerprint density at radius 3 is 1.54 bits per heavy atom. The Balaban J connectivity index is 0.971. The molecule has 65 heavy (non-hydrogen) atoms. The lowest BCUT2D eigenvalue weighted by Crippen LogP contribution is -2.10. The van der Waals surface area contributed by atoms with Crippen LogP contribution in [0.3, 0.4) is 0 Å². The van der Waals surface area contributed by atoms with Gasteiger partial charge in [0.25, 0.3) is 0 Å². The van der Waals surface area contributed by atoms with Crippen molar-refractivity contribution in [3.05, 3.63) is 243 Å². The molecule has 0 fully saturated rings. The number of fused-ring (bicyclic) bond motifs is 9. The number of hydrogen-bond acceptors (Lipinski definition) is 2. The van der Waals surface area contributed by atoms with E-state index in [1.807, 2.05) is 0 Å². The fraction of sp³-hybridized carbons (Fsp3) is 0. The minimum Gasteiger partial charge on any atom is -0.455 e. The molecular weight excluding hydrogens is 789 g/mol. The van der Waals surface area contributed by atoms with E-state index in [-0.39, 0.29) is 0 Å². The molecule has 304 valence electrons. The largest absolute Gasteiger partial charge is 0.455 e. The van der Waals surface area contributed by atoms with Gasteiger partial charge in [0.05, 0.1) is 22.1 Å². The van der Waals surface area contributed by atoms with E-state index in [4.69, 9.17) is 4.42 Å². The van der Waals surface area contributed by atoms with Crippen LogP contribution in [-0.2, 0) is 0 Å². The lowest BCUT2D eigenvalue weighted by atomic mass is 9.93. The van der Waals surface area contributed by atoms with E-state index in [1.54, 1.807) is 0 Å². The summed E-state index contributed by atoms with van der Waals surface area (Å²) >= 11 is 0. The number of rotatable bonds is 7. The minimum absolute atomic E-state index is 0.857. The number of furan rings is 1. The Hall–Kier alpha value is -8.66. The van der Waals surface area contributed by atoms with Crippen molar-refractivity contribution in [2.45, 2.75) is 0 Å². The summed E-state index contributed by atoms with van der Waals surface area (Å²) < 4.78 is 9.28. The molecule has 2 heterocycles. The molecule has 0 atom stereocenters. The summed E-state index contributed by atoms with van der Waals surface area (Å²) in [6.07, 6.45) is 0. The van der Waals surface area contributed by atoms with Crippen molar-refractivity contribution in [2.24, 2.45) is 0 Å². The second-order valence-corrected chi connectivity index (χ2v) is 16.8. The molecule has 0 spiro atoms. The van der Waals surface area contributed by atoms with Crippen molar-refractivity contribution in [3.8, 4) is 39.1 Å². The molecule has 0 aliphatic heterocycles. The van der Waals surface area contributed by atoms with Gasteiger partial charge in [-0.2, -0.15) is 0 Å². The van der Waals surface area contributed by atoms with Gasteiger partial charge < -0.3 is 13.9 Å². The Kier molecular flexibility index (Phi) is 8.53. The van der Waals surface area contributed by atoms with Gasteiger partial charge in [0.1, 0.15) is 11.2 Å². The Bertz CT molecular complexity index is 3860. The standard InChI is InChI=1S/C62H40N2O/c1-2-14-41(15-3-1)42-26-32-46(33-27-42)63(47-34-30-44(31-35-47)56-40-45-16-4-5-17-49(45)51-18-6-7-19-52(51)56)59-39-38-50(62-61(59)55-22-10-13-25-60(55)65-62)43-28-36-48(37-29-43)64-57-23-11-8-20-53(57)54-21-9-12-24-58(54)64/h1-40H. The first-order chi connectivity index (χ1) is 32.2. The molecule has 0 amide bonds. The van der Waals surface area contributed by atoms with Gasteiger partial charge in [0, 0.05) is 38.8 Å². The average molecular weight is 829 g/mol. The van der Waals surface area contributed by atoms with Crippen LogP contribution in [0.1, 0.15) is 0 Å². The summed E-state index contributed by atoms with van der Waals surface area (Å²) in [7, 11) is 0. The van der Waals surface area contributed by atoms with Gasteiger partial charge in [-0.3, -0.25) is 0 Å².